The van der Waals surface area contributed by atoms with Crippen molar-refractivity contribution >= 4 is 17.6 Å². The zero-order chi connectivity index (χ0) is 14.4. The van der Waals surface area contributed by atoms with Crippen molar-refractivity contribution in [3.63, 3.8) is 0 Å². The fourth-order valence-electron chi connectivity index (χ4n) is 2.20. The van der Waals surface area contributed by atoms with Crippen molar-refractivity contribution < 1.29 is 19.1 Å². The minimum Gasteiger partial charge on any atom is -0.465 e. The van der Waals surface area contributed by atoms with Crippen LogP contribution in [-0.2, 0) is 14.3 Å². The molecule has 1 aromatic carbocycles. The lowest BCUT2D eigenvalue weighted by molar-refractivity contribution is -0.116. The lowest BCUT2D eigenvalue weighted by Crippen LogP contribution is -2.15. The van der Waals surface area contributed by atoms with Crippen molar-refractivity contribution in [2.45, 2.75) is 31.8 Å². The number of amides is 1. The van der Waals surface area contributed by atoms with E-state index in [1.807, 2.05) is 0 Å². The summed E-state index contributed by atoms with van der Waals surface area (Å²) in [7, 11) is 1.34. The number of methoxy groups -OCH3 is 1. The fraction of sp³-hybridized carbons (Fsp3) is 0.467. The van der Waals surface area contributed by atoms with Gasteiger partial charge >= 0.3 is 5.97 Å². The summed E-state index contributed by atoms with van der Waals surface area (Å²) < 4.78 is 10.1. The number of esters is 1. The SMILES string of the molecule is COC(=O)c1ccc(NC(=O)CCC2CCCO2)cc1. The van der Waals surface area contributed by atoms with Crippen molar-refractivity contribution in [1.29, 1.82) is 0 Å². The zero-order valence-corrected chi connectivity index (χ0v) is 11.6. The summed E-state index contributed by atoms with van der Waals surface area (Å²) in [6, 6.07) is 6.63. The number of hydrogen-bond acceptors (Lipinski definition) is 4. The van der Waals surface area contributed by atoms with Crippen LogP contribution in [-0.4, -0.2) is 31.7 Å². The van der Waals surface area contributed by atoms with Gasteiger partial charge in [-0.05, 0) is 43.5 Å². The average molecular weight is 277 g/mol. The molecule has 1 amide bonds. The molecule has 20 heavy (non-hydrogen) atoms. The summed E-state index contributed by atoms with van der Waals surface area (Å²) >= 11 is 0. The summed E-state index contributed by atoms with van der Waals surface area (Å²) in [4.78, 5) is 23.1. The van der Waals surface area contributed by atoms with Crippen LogP contribution in [0.2, 0.25) is 0 Å². The third kappa shape index (κ3) is 4.06. The van der Waals surface area contributed by atoms with Crippen LogP contribution in [0.4, 0.5) is 5.69 Å². The van der Waals surface area contributed by atoms with Crippen LogP contribution in [0.25, 0.3) is 0 Å². The second-order valence-corrected chi connectivity index (χ2v) is 4.79. The van der Waals surface area contributed by atoms with Crippen LogP contribution in [0.15, 0.2) is 24.3 Å². The molecule has 1 N–H and O–H groups in total. The van der Waals surface area contributed by atoms with E-state index in [0.29, 0.717) is 17.7 Å². The lowest BCUT2D eigenvalue weighted by atomic mass is 10.1. The van der Waals surface area contributed by atoms with Crippen molar-refractivity contribution in [3.8, 4) is 0 Å². The van der Waals surface area contributed by atoms with Gasteiger partial charge in [0.25, 0.3) is 0 Å². The Bertz CT molecular complexity index is 463. The van der Waals surface area contributed by atoms with Gasteiger partial charge in [-0.3, -0.25) is 4.79 Å². The normalized spacial score (nSPS) is 17.8. The standard InChI is InChI=1S/C15H19NO4/c1-19-15(18)11-4-6-12(7-5-11)16-14(17)9-8-13-3-2-10-20-13/h4-7,13H,2-3,8-10H2,1H3,(H,16,17). The minimum absolute atomic E-state index is 0.0358. The van der Waals surface area contributed by atoms with Gasteiger partial charge in [-0.2, -0.15) is 0 Å². The first kappa shape index (κ1) is 14.5. The smallest absolute Gasteiger partial charge is 0.337 e. The third-order valence-electron chi connectivity index (χ3n) is 3.31. The van der Waals surface area contributed by atoms with E-state index in [1.54, 1.807) is 24.3 Å². The molecule has 1 saturated heterocycles. The molecule has 1 aliphatic rings. The van der Waals surface area contributed by atoms with Crippen LogP contribution < -0.4 is 5.32 Å². The zero-order valence-electron chi connectivity index (χ0n) is 11.6. The summed E-state index contributed by atoms with van der Waals surface area (Å²) in [5, 5.41) is 2.80. The Morgan fingerprint density at radius 2 is 2.10 bits per heavy atom. The molecule has 1 atom stereocenters. The molecule has 108 valence electrons. The average Bonchev–Trinajstić information content (AvgIpc) is 2.98. The summed E-state index contributed by atoms with van der Waals surface area (Å²) in [6.07, 6.45) is 3.56. The summed E-state index contributed by atoms with van der Waals surface area (Å²) in [6.45, 7) is 0.807. The number of ether oxygens (including phenoxy) is 2. The molecule has 0 radical (unpaired) electrons. The van der Waals surface area contributed by atoms with Gasteiger partial charge in [0.05, 0.1) is 18.8 Å². The molecular weight excluding hydrogens is 258 g/mol. The molecule has 0 bridgehead atoms. The first-order valence-electron chi connectivity index (χ1n) is 6.79. The van der Waals surface area contributed by atoms with E-state index < -0.39 is 0 Å². The molecule has 1 unspecified atom stereocenters. The molecule has 0 aliphatic carbocycles. The molecule has 1 heterocycles. The molecule has 0 spiro atoms. The molecule has 2 rings (SSSR count). The Balaban J connectivity index is 1.80. The predicted octanol–water partition coefficient (Wildman–Crippen LogP) is 2.37. The highest BCUT2D eigenvalue weighted by molar-refractivity contribution is 5.93. The molecule has 1 fully saturated rings. The van der Waals surface area contributed by atoms with Gasteiger partial charge in [0.15, 0.2) is 0 Å². The summed E-state index contributed by atoms with van der Waals surface area (Å²) in [5.74, 6) is -0.424. The van der Waals surface area contributed by atoms with E-state index in [1.165, 1.54) is 7.11 Å². The molecular formula is C15H19NO4. The Hall–Kier alpha value is -1.88. The van der Waals surface area contributed by atoms with Crippen LogP contribution >= 0.6 is 0 Å². The fourth-order valence-corrected chi connectivity index (χ4v) is 2.20. The van der Waals surface area contributed by atoms with Gasteiger partial charge in [0.1, 0.15) is 0 Å². The Morgan fingerprint density at radius 1 is 1.35 bits per heavy atom. The van der Waals surface area contributed by atoms with Gasteiger partial charge in [0, 0.05) is 18.7 Å². The highest BCUT2D eigenvalue weighted by Crippen LogP contribution is 2.17. The number of anilines is 1. The topological polar surface area (TPSA) is 64.6 Å². The largest absolute Gasteiger partial charge is 0.465 e. The number of carbonyl (C=O) groups excluding carboxylic acids is 2. The van der Waals surface area contributed by atoms with Crippen molar-refractivity contribution in [2.24, 2.45) is 0 Å². The lowest BCUT2D eigenvalue weighted by Gasteiger charge is -2.09. The van der Waals surface area contributed by atoms with E-state index in [4.69, 9.17) is 4.74 Å². The Labute approximate surface area is 118 Å². The van der Waals surface area contributed by atoms with Crippen molar-refractivity contribution in [1.82, 2.24) is 0 Å². The number of hydrogen-bond donors (Lipinski definition) is 1. The van der Waals surface area contributed by atoms with E-state index in [0.717, 1.165) is 25.9 Å². The number of benzene rings is 1. The molecule has 5 heteroatoms. The van der Waals surface area contributed by atoms with Gasteiger partial charge < -0.3 is 14.8 Å². The monoisotopic (exact) mass is 277 g/mol. The van der Waals surface area contributed by atoms with E-state index in [-0.39, 0.29) is 18.0 Å². The van der Waals surface area contributed by atoms with Gasteiger partial charge in [-0.15, -0.1) is 0 Å². The third-order valence-corrected chi connectivity index (χ3v) is 3.31. The molecule has 1 aromatic rings. The van der Waals surface area contributed by atoms with Crippen LogP contribution in [0.3, 0.4) is 0 Å². The maximum Gasteiger partial charge on any atom is 0.337 e. The predicted molar refractivity (Wildman–Crippen MR) is 74.6 cm³/mol. The van der Waals surface area contributed by atoms with Gasteiger partial charge in [0.2, 0.25) is 5.91 Å². The van der Waals surface area contributed by atoms with Crippen LogP contribution in [0.5, 0.6) is 0 Å². The first-order valence-corrected chi connectivity index (χ1v) is 6.79. The number of rotatable bonds is 5. The minimum atomic E-state index is -0.388. The van der Waals surface area contributed by atoms with E-state index >= 15 is 0 Å². The molecule has 0 saturated carbocycles. The second-order valence-electron chi connectivity index (χ2n) is 4.79. The quantitative estimate of drug-likeness (QED) is 0.839. The molecule has 5 nitrogen and oxygen atoms in total. The molecule has 0 aromatic heterocycles. The maximum absolute atomic E-state index is 11.8. The van der Waals surface area contributed by atoms with Crippen LogP contribution in [0, 0.1) is 0 Å². The van der Waals surface area contributed by atoms with E-state index in [9.17, 15) is 9.59 Å². The number of nitrogens with one attached hydrogen (secondary N) is 1. The van der Waals surface area contributed by atoms with Crippen molar-refractivity contribution in [3.05, 3.63) is 29.8 Å². The van der Waals surface area contributed by atoms with Crippen LogP contribution in [0.1, 0.15) is 36.0 Å². The second kappa shape index (κ2) is 7.05. The Morgan fingerprint density at radius 3 is 2.70 bits per heavy atom. The van der Waals surface area contributed by atoms with E-state index in [2.05, 4.69) is 10.1 Å². The Kier molecular flexibility index (Phi) is 5.12. The highest BCUT2D eigenvalue weighted by atomic mass is 16.5. The maximum atomic E-state index is 11.8. The molecule has 1 aliphatic heterocycles. The van der Waals surface area contributed by atoms with Gasteiger partial charge in [-0.25, -0.2) is 4.79 Å². The number of carbonyl (C=O) groups is 2. The first-order chi connectivity index (χ1) is 9.69. The summed E-state index contributed by atoms with van der Waals surface area (Å²) in [5.41, 5.74) is 1.14. The van der Waals surface area contributed by atoms with Crippen molar-refractivity contribution in [2.75, 3.05) is 19.0 Å². The highest BCUT2D eigenvalue weighted by Gasteiger charge is 2.16. The van der Waals surface area contributed by atoms with Gasteiger partial charge in [-0.1, -0.05) is 0 Å².